The number of fused-ring (bicyclic) bond motifs is 1. The molecule has 0 spiro atoms. The maximum atomic E-state index is 13.2. The molecule has 11 heteroatoms. The molecule has 1 saturated heterocycles. The van der Waals surface area contributed by atoms with Crippen LogP contribution in [-0.2, 0) is 14.8 Å². The van der Waals surface area contributed by atoms with Crippen LogP contribution in [0.25, 0.3) is 0 Å². The van der Waals surface area contributed by atoms with E-state index in [1.165, 1.54) is 23.5 Å². The largest absolute Gasteiger partial charge is 0.497 e. The average Bonchev–Trinajstić information content (AvgIpc) is 2.79. The van der Waals surface area contributed by atoms with Gasteiger partial charge in [-0.05, 0) is 31.2 Å². The first-order valence-electron chi connectivity index (χ1n) is 9.95. The van der Waals surface area contributed by atoms with Crippen LogP contribution in [0.15, 0.2) is 41.3 Å². The Morgan fingerprint density at radius 2 is 1.91 bits per heavy atom. The third kappa shape index (κ3) is 4.13. The van der Waals surface area contributed by atoms with Gasteiger partial charge in [0.15, 0.2) is 6.10 Å². The molecule has 0 bridgehead atoms. The highest BCUT2D eigenvalue weighted by Crippen LogP contribution is 2.38. The third-order valence-corrected chi connectivity index (χ3v) is 7.79. The predicted octanol–water partition coefficient (Wildman–Crippen LogP) is 2.21. The first-order chi connectivity index (χ1) is 15.2. The number of hydrogen-bond donors (Lipinski definition) is 1. The third-order valence-electron chi connectivity index (χ3n) is 5.43. The summed E-state index contributed by atoms with van der Waals surface area (Å²) in [5.74, 6) is 0.297. The second-order valence-corrected chi connectivity index (χ2v) is 9.77. The lowest BCUT2D eigenvalue weighted by Gasteiger charge is -2.34. The van der Waals surface area contributed by atoms with Crippen LogP contribution in [0.5, 0.6) is 11.5 Å². The van der Waals surface area contributed by atoms with Crippen LogP contribution in [0.4, 0.5) is 5.69 Å². The number of methoxy groups -OCH3 is 1. The first kappa shape index (κ1) is 22.4. The van der Waals surface area contributed by atoms with Crippen molar-refractivity contribution in [1.82, 2.24) is 9.21 Å². The normalized spacial score (nSPS) is 19.0. The fourth-order valence-corrected chi connectivity index (χ4v) is 5.55. The van der Waals surface area contributed by atoms with E-state index < -0.39 is 16.1 Å². The number of carbonyl (C=O) groups is 2. The van der Waals surface area contributed by atoms with Gasteiger partial charge in [0, 0.05) is 37.8 Å². The van der Waals surface area contributed by atoms with Gasteiger partial charge < -0.3 is 19.7 Å². The van der Waals surface area contributed by atoms with E-state index in [0.717, 1.165) is 0 Å². The smallest absolute Gasteiger partial charge is 0.265 e. The number of hydrogen-bond acceptors (Lipinski definition) is 6. The van der Waals surface area contributed by atoms with Gasteiger partial charge in [-0.3, -0.25) is 9.59 Å². The van der Waals surface area contributed by atoms with Crippen LogP contribution in [0, 0.1) is 0 Å². The second kappa shape index (κ2) is 8.61. The molecule has 2 amide bonds. The van der Waals surface area contributed by atoms with Gasteiger partial charge in [0.2, 0.25) is 10.0 Å². The van der Waals surface area contributed by atoms with Crippen LogP contribution in [0.2, 0.25) is 5.02 Å². The summed E-state index contributed by atoms with van der Waals surface area (Å²) >= 11 is 6.25. The molecule has 1 atom stereocenters. The molecular weight excluding hydrogens is 458 g/mol. The number of nitrogens with one attached hydrogen (secondary N) is 1. The number of carbonyl (C=O) groups excluding carboxylic acids is 2. The number of ether oxygens (including phenoxy) is 2. The summed E-state index contributed by atoms with van der Waals surface area (Å²) in [5, 5.41) is 2.62. The molecule has 2 aliphatic rings. The zero-order valence-electron chi connectivity index (χ0n) is 17.5. The number of benzene rings is 2. The van der Waals surface area contributed by atoms with Gasteiger partial charge in [0.05, 0.1) is 17.8 Å². The van der Waals surface area contributed by atoms with E-state index in [1.54, 1.807) is 36.1 Å². The van der Waals surface area contributed by atoms with E-state index in [9.17, 15) is 18.0 Å². The highest BCUT2D eigenvalue weighted by atomic mass is 35.5. The standard InChI is InChI=1S/C21H22ClN3O6S/c1-13-20(26)23-17-11-16(22)19(12-18(17)31-13)32(28,29)25-8-6-24(7-9-25)21(27)14-4-3-5-15(10-14)30-2/h3-5,10-13H,6-9H2,1-2H3,(H,23,26)/t13-/m1/s1. The molecule has 0 unspecified atom stereocenters. The molecule has 2 aromatic rings. The Morgan fingerprint density at radius 3 is 2.59 bits per heavy atom. The Morgan fingerprint density at radius 1 is 1.19 bits per heavy atom. The van der Waals surface area contributed by atoms with Crippen molar-refractivity contribution in [2.24, 2.45) is 0 Å². The van der Waals surface area contributed by atoms with Gasteiger partial charge in [-0.2, -0.15) is 4.31 Å². The molecule has 2 heterocycles. The van der Waals surface area contributed by atoms with E-state index >= 15 is 0 Å². The lowest BCUT2D eigenvalue weighted by molar-refractivity contribution is -0.122. The zero-order valence-corrected chi connectivity index (χ0v) is 19.1. The Kier molecular flexibility index (Phi) is 6.02. The van der Waals surface area contributed by atoms with E-state index in [4.69, 9.17) is 21.1 Å². The Labute approximate surface area is 190 Å². The molecule has 2 aliphatic heterocycles. The number of sulfonamides is 1. The minimum absolute atomic E-state index is 0.0166. The molecule has 32 heavy (non-hydrogen) atoms. The van der Waals surface area contributed by atoms with Crippen LogP contribution in [0.1, 0.15) is 17.3 Å². The van der Waals surface area contributed by atoms with Crippen LogP contribution in [-0.4, -0.2) is 68.8 Å². The molecule has 4 rings (SSSR count). The van der Waals surface area contributed by atoms with E-state index in [-0.39, 0.29) is 53.7 Å². The van der Waals surface area contributed by atoms with E-state index in [0.29, 0.717) is 17.0 Å². The van der Waals surface area contributed by atoms with Crippen molar-refractivity contribution < 1.29 is 27.5 Å². The monoisotopic (exact) mass is 479 g/mol. The average molecular weight is 480 g/mol. The number of halogens is 1. The lowest BCUT2D eigenvalue weighted by Crippen LogP contribution is -2.50. The van der Waals surface area contributed by atoms with Crippen molar-refractivity contribution in [2.75, 3.05) is 38.6 Å². The van der Waals surface area contributed by atoms with Crippen molar-refractivity contribution in [3.63, 3.8) is 0 Å². The van der Waals surface area contributed by atoms with Crippen molar-refractivity contribution in [1.29, 1.82) is 0 Å². The van der Waals surface area contributed by atoms with Crippen LogP contribution in [0.3, 0.4) is 0 Å². The lowest BCUT2D eigenvalue weighted by atomic mass is 10.1. The molecule has 2 aromatic carbocycles. The molecule has 0 aromatic heterocycles. The fourth-order valence-electron chi connectivity index (χ4n) is 3.62. The maximum Gasteiger partial charge on any atom is 0.265 e. The second-order valence-electron chi connectivity index (χ2n) is 7.46. The summed E-state index contributed by atoms with van der Waals surface area (Å²) in [7, 11) is -2.40. The van der Waals surface area contributed by atoms with Crippen LogP contribution < -0.4 is 14.8 Å². The Hall–Kier alpha value is -2.82. The van der Waals surface area contributed by atoms with Crippen LogP contribution >= 0.6 is 11.6 Å². The molecule has 0 saturated carbocycles. The first-order valence-corrected chi connectivity index (χ1v) is 11.8. The number of piperazine rings is 1. The topological polar surface area (TPSA) is 105 Å². The molecule has 0 aliphatic carbocycles. The van der Waals surface area contributed by atoms with E-state index in [2.05, 4.69) is 5.32 Å². The predicted molar refractivity (Wildman–Crippen MR) is 118 cm³/mol. The van der Waals surface area contributed by atoms with Gasteiger partial charge in [0.25, 0.3) is 11.8 Å². The molecule has 0 radical (unpaired) electrons. The number of rotatable bonds is 4. The summed E-state index contributed by atoms with van der Waals surface area (Å²) in [6.45, 7) is 2.29. The number of nitrogens with zero attached hydrogens (tertiary/aromatic N) is 2. The minimum Gasteiger partial charge on any atom is -0.497 e. The van der Waals surface area contributed by atoms with Gasteiger partial charge in [0.1, 0.15) is 16.4 Å². The van der Waals surface area contributed by atoms with Crippen molar-refractivity contribution >= 4 is 39.1 Å². The van der Waals surface area contributed by atoms with Crippen molar-refractivity contribution in [3.8, 4) is 11.5 Å². The summed E-state index contributed by atoms with van der Waals surface area (Å²) < 4.78 is 38.5. The van der Waals surface area contributed by atoms with Crippen molar-refractivity contribution in [3.05, 3.63) is 47.0 Å². The minimum atomic E-state index is -3.93. The zero-order chi connectivity index (χ0) is 23.0. The fraction of sp³-hybridized carbons (Fsp3) is 0.333. The van der Waals surface area contributed by atoms with E-state index in [1.807, 2.05) is 0 Å². The molecule has 1 N–H and O–H groups in total. The number of amides is 2. The molecular formula is C21H22ClN3O6S. The Bertz CT molecular complexity index is 1180. The highest BCUT2D eigenvalue weighted by Gasteiger charge is 2.34. The SMILES string of the molecule is COc1cccc(C(=O)N2CCN(S(=O)(=O)c3cc4c(cc3Cl)NC(=O)[C@@H](C)O4)CC2)c1. The summed E-state index contributed by atoms with van der Waals surface area (Å²) in [5.41, 5.74) is 0.803. The highest BCUT2D eigenvalue weighted by molar-refractivity contribution is 7.89. The molecule has 1 fully saturated rings. The summed E-state index contributed by atoms with van der Waals surface area (Å²) in [4.78, 5) is 26.1. The maximum absolute atomic E-state index is 13.2. The molecule has 170 valence electrons. The van der Waals surface area contributed by atoms with Gasteiger partial charge in [-0.15, -0.1) is 0 Å². The van der Waals surface area contributed by atoms with Gasteiger partial charge in [-0.25, -0.2) is 8.42 Å². The number of anilines is 1. The van der Waals surface area contributed by atoms with Gasteiger partial charge >= 0.3 is 0 Å². The van der Waals surface area contributed by atoms with Gasteiger partial charge in [-0.1, -0.05) is 17.7 Å². The summed E-state index contributed by atoms with van der Waals surface area (Å²) in [6, 6.07) is 9.53. The quantitative estimate of drug-likeness (QED) is 0.720. The molecule has 9 nitrogen and oxygen atoms in total. The van der Waals surface area contributed by atoms with Crippen molar-refractivity contribution in [2.45, 2.75) is 17.9 Å². The Balaban J connectivity index is 1.50. The summed E-state index contributed by atoms with van der Waals surface area (Å²) in [6.07, 6.45) is -0.745.